The lowest BCUT2D eigenvalue weighted by molar-refractivity contribution is -0.959. The summed E-state index contributed by atoms with van der Waals surface area (Å²) in [6.07, 6.45) is 0.0213. The van der Waals surface area contributed by atoms with Crippen molar-refractivity contribution >= 4 is 0 Å². The molecule has 0 unspecified atom stereocenters. The first-order valence-corrected chi connectivity index (χ1v) is 11.5. The Labute approximate surface area is 190 Å². The highest BCUT2D eigenvalue weighted by Gasteiger charge is 2.55. The molecular weight excluding hydrogens is 398 g/mol. The molecule has 0 amide bonds. The Hall–Kier alpha value is -2.50. The molecule has 2 aliphatic rings. The molecule has 2 heterocycles. The van der Waals surface area contributed by atoms with Gasteiger partial charge in [0.1, 0.15) is 44.1 Å². The Morgan fingerprint density at radius 3 is 1.75 bits per heavy atom. The van der Waals surface area contributed by atoms with Gasteiger partial charge in [-0.2, -0.15) is 0 Å². The van der Waals surface area contributed by atoms with Crippen LogP contribution in [0.4, 0.5) is 0 Å². The molecule has 0 bridgehead atoms. The zero-order valence-electron chi connectivity index (χ0n) is 18.7. The van der Waals surface area contributed by atoms with E-state index in [4.69, 9.17) is 14.2 Å². The second kappa shape index (κ2) is 9.55. The third kappa shape index (κ3) is 4.64. The maximum Gasteiger partial charge on any atom is 0.142 e. The number of rotatable bonds is 8. The van der Waals surface area contributed by atoms with Crippen LogP contribution in [0.1, 0.15) is 16.7 Å². The monoisotopic (exact) mass is 430 g/mol. The summed E-state index contributed by atoms with van der Waals surface area (Å²) in [5.74, 6) is 0. The Morgan fingerprint density at radius 2 is 1.19 bits per heavy atom. The van der Waals surface area contributed by atoms with E-state index in [9.17, 15) is 0 Å². The van der Waals surface area contributed by atoms with E-state index in [1.54, 1.807) is 0 Å². The molecule has 3 aromatic rings. The minimum atomic E-state index is -0.0212. The second-order valence-electron chi connectivity index (χ2n) is 9.27. The number of benzene rings is 3. The number of likely N-dealkylation sites (N-methyl/N-ethyl adjacent to an activating group) is 1. The van der Waals surface area contributed by atoms with Gasteiger partial charge in [-0.1, -0.05) is 91.0 Å². The van der Waals surface area contributed by atoms with Crippen LogP contribution < -0.4 is 0 Å². The van der Waals surface area contributed by atoms with Crippen molar-refractivity contribution in [1.82, 2.24) is 0 Å². The van der Waals surface area contributed by atoms with Gasteiger partial charge in [0.15, 0.2) is 0 Å². The van der Waals surface area contributed by atoms with Gasteiger partial charge in [-0.25, -0.2) is 0 Å². The maximum atomic E-state index is 6.35. The van der Waals surface area contributed by atoms with Crippen molar-refractivity contribution < 1.29 is 18.7 Å². The number of nitrogens with zero attached hydrogens (tertiary/aromatic N) is 1. The maximum absolute atomic E-state index is 6.35. The van der Waals surface area contributed by atoms with Crippen LogP contribution in [-0.2, 0) is 33.9 Å². The molecular formula is C28H32NO3+. The Kier molecular flexibility index (Phi) is 6.37. The average molecular weight is 431 g/mol. The zero-order valence-corrected chi connectivity index (χ0v) is 18.7. The van der Waals surface area contributed by atoms with Crippen molar-refractivity contribution in [1.29, 1.82) is 0 Å². The first kappa shape index (κ1) is 21.4. The molecule has 2 saturated heterocycles. The van der Waals surface area contributed by atoms with E-state index in [0.29, 0.717) is 19.8 Å². The lowest BCUT2D eigenvalue weighted by Crippen LogP contribution is -2.56. The van der Waals surface area contributed by atoms with Crippen molar-refractivity contribution in [2.24, 2.45) is 0 Å². The largest absolute Gasteiger partial charge is 0.368 e. The molecule has 32 heavy (non-hydrogen) atoms. The summed E-state index contributed by atoms with van der Waals surface area (Å²) < 4.78 is 19.8. The number of hydrogen-bond acceptors (Lipinski definition) is 3. The number of quaternary nitrogens is 1. The van der Waals surface area contributed by atoms with Crippen molar-refractivity contribution in [3.8, 4) is 0 Å². The molecule has 5 rings (SSSR count). The predicted octanol–water partition coefficient (Wildman–Crippen LogP) is 4.59. The van der Waals surface area contributed by atoms with E-state index >= 15 is 0 Å². The fourth-order valence-electron chi connectivity index (χ4n) is 5.19. The zero-order chi connectivity index (χ0) is 21.8. The lowest BCUT2D eigenvalue weighted by atomic mass is 10.0. The van der Waals surface area contributed by atoms with Crippen LogP contribution in [0.5, 0.6) is 0 Å². The molecule has 0 spiro atoms. The molecule has 0 N–H and O–H groups in total. The summed E-state index contributed by atoms with van der Waals surface area (Å²) in [7, 11) is 2.35. The Morgan fingerprint density at radius 1 is 0.688 bits per heavy atom. The number of hydrogen-bond donors (Lipinski definition) is 0. The van der Waals surface area contributed by atoms with Crippen LogP contribution in [0, 0.1) is 0 Å². The minimum absolute atomic E-state index is 0.00675. The highest BCUT2D eigenvalue weighted by molar-refractivity contribution is 5.16. The quantitative estimate of drug-likeness (QED) is 0.490. The summed E-state index contributed by atoms with van der Waals surface area (Å²) in [5.41, 5.74) is 3.85. The van der Waals surface area contributed by atoms with E-state index < -0.39 is 0 Å². The van der Waals surface area contributed by atoms with Crippen LogP contribution in [0.15, 0.2) is 91.0 Å². The van der Waals surface area contributed by atoms with Gasteiger partial charge in [-0.05, 0) is 5.56 Å². The smallest absolute Gasteiger partial charge is 0.142 e. The Bertz CT molecular complexity index is 938. The average Bonchev–Trinajstić information content (AvgIpc) is 3.42. The second-order valence-corrected chi connectivity index (χ2v) is 9.27. The summed E-state index contributed by atoms with van der Waals surface area (Å²) >= 11 is 0. The molecule has 2 fully saturated rings. The topological polar surface area (TPSA) is 27.7 Å². The standard InChI is InChI=1S/C28H32NO3/c1-29(17-22-11-5-2-6-12-22,18-23-13-7-3-8-14-23)25-20-31-28-26(21-32-27(25)28)30-19-24-15-9-4-10-16-24/h2-16,25-28H,17-21H2,1H3/q+1/t25-,26-,27+,28+/m0/s1. The van der Waals surface area contributed by atoms with Gasteiger partial charge in [0.05, 0.1) is 20.3 Å². The van der Waals surface area contributed by atoms with E-state index in [1.807, 2.05) is 18.2 Å². The van der Waals surface area contributed by atoms with Crippen LogP contribution in [0.3, 0.4) is 0 Å². The fraction of sp³-hybridized carbons (Fsp3) is 0.357. The van der Waals surface area contributed by atoms with E-state index in [0.717, 1.165) is 17.6 Å². The summed E-state index contributed by atoms with van der Waals surface area (Å²) in [6, 6.07) is 32.1. The highest BCUT2D eigenvalue weighted by Crippen LogP contribution is 2.36. The normalized spacial score (nSPS) is 25.0. The first-order chi connectivity index (χ1) is 15.7. The molecule has 4 atom stereocenters. The van der Waals surface area contributed by atoms with Crippen molar-refractivity contribution in [3.63, 3.8) is 0 Å². The third-order valence-electron chi connectivity index (χ3n) is 6.86. The fourth-order valence-corrected chi connectivity index (χ4v) is 5.19. The van der Waals surface area contributed by atoms with Crippen LogP contribution in [0.2, 0.25) is 0 Å². The van der Waals surface area contributed by atoms with Crippen molar-refractivity contribution in [2.45, 2.75) is 44.1 Å². The van der Waals surface area contributed by atoms with Gasteiger partial charge in [0.25, 0.3) is 0 Å². The summed E-state index contributed by atoms with van der Waals surface area (Å²) in [6.45, 7) is 3.75. The van der Waals surface area contributed by atoms with Crippen molar-refractivity contribution in [2.75, 3.05) is 20.3 Å². The molecule has 0 radical (unpaired) electrons. The van der Waals surface area contributed by atoms with Gasteiger partial charge in [0.2, 0.25) is 0 Å². The van der Waals surface area contributed by atoms with E-state index in [-0.39, 0.29) is 24.4 Å². The molecule has 4 nitrogen and oxygen atoms in total. The minimum Gasteiger partial charge on any atom is -0.368 e. The van der Waals surface area contributed by atoms with Crippen molar-refractivity contribution in [3.05, 3.63) is 108 Å². The number of fused-ring (bicyclic) bond motifs is 1. The first-order valence-electron chi connectivity index (χ1n) is 11.5. The number of ether oxygens (including phenoxy) is 3. The van der Waals surface area contributed by atoms with Gasteiger partial charge < -0.3 is 18.7 Å². The third-order valence-corrected chi connectivity index (χ3v) is 6.86. The molecule has 4 heteroatoms. The van der Waals surface area contributed by atoms with Crippen LogP contribution >= 0.6 is 0 Å². The summed E-state index contributed by atoms with van der Waals surface area (Å²) in [4.78, 5) is 0. The van der Waals surface area contributed by atoms with E-state index in [1.165, 1.54) is 16.7 Å². The van der Waals surface area contributed by atoms with Gasteiger partial charge in [0, 0.05) is 11.1 Å². The molecule has 0 aromatic heterocycles. The molecule has 166 valence electrons. The van der Waals surface area contributed by atoms with Gasteiger partial charge in [-0.3, -0.25) is 0 Å². The molecule has 0 aliphatic carbocycles. The van der Waals surface area contributed by atoms with E-state index in [2.05, 4.69) is 79.8 Å². The van der Waals surface area contributed by atoms with Gasteiger partial charge in [-0.15, -0.1) is 0 Å². The van der Waals surface area contributed by atoms with Crippen LogP contribution in [0.25, 0.3) is 0 Å². The Balaban J connectivity index is 1.33. The predicted molar refractivity (Wildman–Crippen MR) is 125 cm³/mol. The molecule has 0 saturated carbocycles. The molecule has 2 aliphatic heterocycles. The van der Waals surface area contributed by atoms with Crippen LogP contribution in [-0.4, -0.2) is 49.1 Å². The SMILES string of the molecule is C[N+](Cc1ccccc1)(Cc1ccccc1)[C@H]1CO[C@H]2[C@@H]1OC[C@@H]2OCc1ccccc1. The lowest BCUT2D eigenvalue weighted by Gasteiger charge is -2.41. The molecule has 3 aromatic carbocycles. The highest BCUT2D eigenvalue weighted by atomic mass is 16.6. The van der Waals surface area contributed by atoms with Gasteiger partial charge >= 0.3 is 0 Å². The summed E-state index contributed by atoms with van der Waals surface area (Å²) in [5, 5.41) is 0.